The predicted octanol–water partition coefficient (Wildman–Crippen LogP) is 3.82. The first-order valence-electron chi connectivity index (χ1n) is 7.56. The highest BCUT2D eigenvalue weighted by atomic mass is 19.4. The van der Waals surface area contributed by atoms with Crippen LogP contribution < -0.4 is 10.6 Å². The molecule has 0 bridgehead atoms. The molecule has 0 aliphatic rings. The highest BCUT2D eigenvalue weighted by molar-refractivity contribution is 5.80. The fourth-order valence-electron chi connectivity index (χ4n) is 1.94. The van der Waals surface area contributed by atoms with Gasteiger partial charge in [0.05, 0.1) is 19.0 Å². The zero-order valence-electron chi connectivity index (χ0n) is 13.3. The second-order valence-corrected chi connectivity index (χ2v) is 5.09. The molecule has 124 valence electrons. The molecule has 6 heteroatoms. The van der Waals surface area contributed by atoms with Crippen LogP contribution in [0.2, 0.25) is 0 Å². The number of halogens is 3. The van der Waals surface area contributed by atoms with Crippen LogP contribution in [0.3, 0.4) is 0 Å². The van der Waals surface area contributed by atoms with Gasteiger partial charge in [-0.25, -0.2) is 0 Å². The fraction of sp³-hybridized carbons (Fsp3) is 0.562. The first-order valence-corrected chi connectivity index (χ1v) is 7.56. The lowest BCUT2D eigenvalue weighted by Gasteiger charge is -2.18. The molecule has 0 fully saturated rings. The lowest BCUT2D eigenvalue weighted by molar-refractivity contribution is -0.132. The largest absolute Gasteiger partial charge is 0.390 e. The third kappa shape index (κ3) is 6.83. The standard InChI is InChI=1S/C16H24F3N3/c1-4-13-6-8-14(9-7-13)12(3)22-15(20-5-2)21-11-10-16(17,18)19/h6-9,12H,4-5,10-11H2,1-3H3,(H2,20,21,22). The highest BCUT2D eigenvalue weighted by Gasteiger charge is 2.26. The van der Waals surface area contributed by atoms with E-state index in [1.54, 1.807) is 0 Å². The molecule has 0 spiro atoms. The van der Waals surface area contributed by atoms with E-state index in [0.717, 1.165) is 12.0 Å². The molecular weight excluding hydrogens is 291 g/mol. The number of hydrogen-bond donors (Lipinski definition) is 2. The Balaban J connectivity index is 2.65. The number of benzene rings is 1. The molecule has 0 saturated heterocycles. The van der Waals surface area contributed by atoms with E-state index in [9.17, 15) is 13.2 Å². The molecule has 1 atom stereocenters. The molecule has 1 aromatic carbocycles. The van der Waals surface area contributed by atoms with Gasteiger partial charge in [0.25, 0.3) is 0 Å². The number of alkyl halides is 3. The molecule has 0 amide bonds. The van der Waals surface area contributed by atoms with Gasteiger partial charge in [-0.2, -0.15) is 13.2 Å². The Hall–Kier alpha value is -1.72. The summed E-state index contributed by atoms with van der Waals surface area (Å²) in [6.45, 7) is 6.24. The summed E-state index contributed by atoms with van der Waals surface area (Å²) in [5, 5.41) is 6.09. The molecule has 1 unspecified atom stereocenters. The average molecular weight is 315 g/mol. The van der Waals surface area contributed by atoms with Crippen LogP contribution in [0.5, 0.6) is 0 Å². The molecule has 0 aliphatic heterocycles. The highest BCUT2D eigenvalue weighted by Crippen LogP contribution is 2.19. The van der Waals surface area contributed by atoms with Crippen LogP contribution in [0.15, 0.2) is 29.3 Å². The molecule has 0 heterocycles. The maximum Gasteiger partial charge on any atom is 0.390 e. The van der Waals surface area contributed by atoms with Crippen LogP contribution in [0.25, 0.3) is 0 Å². The second-order valence-electron chi connectivity index (χ2n) is 5.09. The van der Waals surface area contributed by atoms with Crippen molar-refractivity contribution >= 4 is 5.96 Å². The topological polar surface area (TPSA) is 36.4 Å². The van der Waals surface area contributed by atoms with Crippen molar-refractivity contribution in [2.45, 2.75) is 45.8 Å². The van der Waals surface area contributed by atoms with Crippen molar-refractivity contribution in [1.82, 2.24) is 10.6 Å². The summed E-state index contributed by atoms with van der Waals surface area (Å²) in [6, 6.07) is 8.13. The Morgan fingerprint density at radius 3 is 2.32 bits per heavy atom. The smallest absolute Gasteiger partial charge is 0.357 e. The van der Waals surface area contributed by atoms with E-state index in [-0.39, 0.29) is 12.6 Å². The number of hydrogen-bond acceptors (Lipinski definition) is 1. The summed E-state index contributed by atoms with van der Waals surface area (Å²) in [7, 11) is 0. The van der Waals surface area contributed by atoms with Crippen LogP contribution in [0.1, 0.15) is 44.4 Å². The molecule has 1 aromatic rings. The van der Waals surface area contributed by atoms with E-state index >= 15 is 0 Å². The Kier molecular flexibility index (Phi) is 7.21. The first kappa shape index (κ1) is 18.3. The fourth-order valence-corrected chi connectivity index (χ4v) is 1.94. The van der Waals surface area contributed by atoms with E-state index in [1.165, 1.54) is 5.56 Å². The van der Waals surface area contributed by atoms with Crippen LogP contribution in [-0.4, -0.2) is 25.2 Å². The van der Waals surface area contributed by atoms with Gasteiger partial charge in [0.15, 0.2) is 5.96 Å². The van der Waals surface area contributed by atoms with Gasteiger partial charge >= 0.3 is 6.18 Å². The number of aliphatic imine (C=N–C) groups is 1. The number of nitrogens with one attached hydrogen (secondary N) is 2. The summed E-state index contributed by atoms with van der Waals surface area (Å²) in [5.74, 6) is 0.402. The van der Waals surface area contributed by atoms with Crippen molar-refractivity contribution in [2.24, 2.45) is 4.99 Å². The Labute approximate surface area is 130 Å². The van der Waals surface area contributed by atoms with Gasteiger partial charge < -0.3 is 10.6 Å². The molecule has 0 aromatic heterocycles. The zero-order chi connectivity index (χ0) is 16.6. The monoisotopic (exact) mass is 315 g/mol. The molecule has 2 N–H and O–H groups in total. The molecule has 22 heavy (non-hydrogen) atoms. The molecule has 3 nitrogen and oxygen atoms in total. The summed E-state index contributed by atoms with van der Waals surface area (Å²) < 4.78 is 36.5. The van der Waals surface area contributed by atoms with Gasteiger partial charge in [0.1, 0.15) is 0 Å². The third-order valence-corrected chi connectivity index (χ3v) is 3.25. The minimum Gasteiger partial charge on any atom is -0.357 e. The maximum atomic E-state index is 12.2. The first-order chi connectivity index (χ1) is 10.4. The van der Waals surface area contributed by atoms with Crippen LogP contribution >= 0.6 is 0 Å². The van der Waals surface area contributed by atoms with Crippen molar-refractivity contribution in [3.8, 4) is 0 Å². The van der Waals surface area contributed by atoms with Crippen LogP contribution in [0, 0.1) is 0 Å². The van der Waals surface area contributed by atoms with Crippen molar-refractivity contribution in [2.75, 3.05) is 13.1 Å². The summed E-state index contributed by atoms with van der Waals surface area (Å²) in [6.07, 6.45) is -4.12. The van der Waals surface area contributed by atoms with Gasteiger partial charge in [-0.05, 0) is 31.4 Å². The summed E-state index contributed by atoms with van der Waals surface area (Å²) >= 11 is 0. The zero-order valence-corrected chi connectivity index (χ0v) is 13.3. The number of rotatable bonds is 6. The van der Waals surface area contributed by atoms with Crippen molar-refractivity contribution < 1.29 is 13.2 Å². The van der Waals surface area contributed by atoms with Gasteiger partial charge in [-0.15, -0.1) is 0 Å². The van der Waals surface area contributed by atoms with Crippen LogP contribution in [0.4, 0.5) is 13.2 Å². The maximum absolute atomic E-state index is 12.2. The van der Waals surface area contributed by atoms with E-state index in [2.05, 4.69) is 34.7 Å². The van der Waals surface area contributed by atoms with E-state index in [4.69, 9.17) is 0 Å². The van der Waals surface area contributed by atoms with Crippen molar-refractivity contribution in [3.05, 3.63) is 35.4 Å². The third-order valence-electron chi connectivity index (χ3n) is 3.25. The number of guanidine groups is 1. The molecule has 1 rings (SSSR count). The van der Waals surface area contributed by atoms with E-state index in [0.29, 0.717) is 12.5 Å². The molecular formula is C16H24F3N3. The van der Waals surface area contributed by atoms with Crippen molar-refractivity contribution in [1.29, 1.82) is 0 Å². The number of aryl methyl sites for hydroxylation is 1. The second kappa shape index (κ2) is 8.66. The van der Waals surface area contributed by atoms with Gasteiger partial charge in [0.2, 0.25) is 0 Å². The van der Waals surface area contributed by atoms with Crippen LogP contribution in [-0.2, 0) is 6.42 Å². The Morgan fingerprint density at radius 2 is 1.82 bits per heavy atom. The number of nitrogens with zero attached hydrogens (tertiary/aromatic N) is 1. The molecule has 0 radical (unpaired) electrons. The predicted molar refractivity (Wildman–Crippen MR) is 84.0 cm³/mol. The average Bonchev–Trinajstić information content (AvgIpc) is 2.46. The van der Waals surface area contributed by atoms with Gasteiger partial charge in [-0.1, -0.05) is 31.2 Å². The van der Waals surface area contributed by atoms with Gasteiger partial charge in [-0.3, -0.25) is 4.99 Å². The Morgan fingerprint density at radius 1 is 1.18 bits per heavy atom. The quantitative estimate of drug-likeness (QED) is 0.618. The minimum absolute atomic E-state index is 0.0328. The van der Waals surface area contributed by atoms with E-state index in [1.807, 2.05) is 26.0 Å². The summed E-state index contributed by atoms with van der Waals surface area (Å²) in [5.41, 5.74) is 2.32. The molecule has 0 saturated carbocycles. The molecule has 0 aliphatic carbocycles. The Bertz CT molecular complexity index is 467. The summed E-state index contributed by atoms with van der Waals surface area (Å²) in [4.78, 5) is 3.97. The lowest BCUT2D eigenvalue weighted by atomic mass is 10.1. The SMILES string of the molecule is CCNC(=NCCC(F)(F)F)NC(C)c1ccc(CC)cc1. The van der Waals surface area contributed by atoms with Crippen molar-refractivity contribution in [3.63, 3.8) is 0 Å². The lowest BCUT2D eigenvalue weighted by Crippen LogP contribution is -2.39. The van der Waals surface area contributed by atoms with Gasteiger partial charge in [0, 0.05) is 6.54 Å². The normalized spacial score (nSPS) is 13.8. The van der Waals surface area contributed by atoms with E-state index < -0.39 is 12.6 Å². The minimum atomic E-state index is -4.18.